The van der Waals surface area contributed by atoms with Crippen LogP contribution < -0.4 is 9.62 Å². The van der Waals surface area contributed by atoms with E-state index in [0.717, 1.165) is 9.87 Å². The highest BCUT2D eigenvalue weighted by Gasteiger charge is 2.34. The number of rotatable bonds is 13. The van der Waals surface area contributed by atoms with Gasteiger partial charge < -0.3 is 10.2 Å². The van der Waals surface area contributed by atoms with Gasteiger partial charge in [0.25, 0.3) is 10.0 Å². The first-order valence-electron chi connectivity index (χ1n) is 14.0. The average molecular weight is 657 g/mol. The van der Waals surface area contributed by atoms with Gasteiger partial charge in [0.2, 0.25) is 11.8 Å². The molecule has 11 heteroatoms. The number of nitrogens with zero attached hydrogens (tertiary/aromatic N) is 2. The molecule has 0 heterocycles. The van der Waals surface area contributed by atoms with E-state index in [2.05, 4.69) is 5.32 Å². The number of amides is 2. The number of benzene rings is 4. The van der Waals surface area contributed by atoms with Crippen molar-refractivity contribution in [3.63, 3.8) is 0 Å². The van der Waals surface area contributed by atoms with Gasteiger partial charge in [-0.1, -0.05) is 90.8 Å². The van der Waals surface area contributed by atoms with Crippen LogP contribution in [-0.2, 0) is 32.6 Å². The zero-order valence-corrected chi connectivity index (χ0v) is 26.3. The lowest BCUT2D eigenvalue weighted by Crippen LogP contribution is -2.53. The molecular formula is C33H32Cl2FN3O4S. The first-order chi connectivity index (χ1) is 21.1. The molecule has 0 saturated heterocycles. The summed E-state index contributed by atoms with van der Waals surface area (Å²) < 4.78 is 42.7. The van der Waals surface area contributed by atoms with Crippen molar-refractivity contribution in [1.29, 1.82) is 0 Å². The summed E-state index contributed by atoms with van der Waals surface area (Å²) in [4.78, 5) is 29.3. The first kappa shape index (κ1) is 33.0. The largest absolute Gasteiger partial charge is 0.354 e. The molecule has 2 amide bonds. The van der Waals surface area contributed by atoms with Crippen molar-refractivity contribution in [3.05, 3.63) is 130 Å². The van der Waals surface area contributed by atoms with Crippen molar-refractivity contribution in [3.8, 4) is 0 Å². The van der Waals surface area contributed by atoms with Crippen LogP contribution in [0.2, 0.25) is 10.0 Å². The van der Waals surface area contributed by atoms with E-state index >= 15 is 0 Å². The Hall–Kier alpha value is -3.92. The predicted molar refractivity (Wildman–Crippen MR) is 172 cm³/mol. The highest BCUT2D eigenvalue weighted by atomic mass is 35.5. The molecule has 0 aromatic heterocycles. The second-order valence-electron chi connectivity index (χ2n) is 10.1. The minimum Gasteiger partial charge on any atom is -0.354 e. The van der Waals surface area contributed by atoms with E-state index in [1.54, 1.807) is 18.2 Å². The molecule has 0 spiro atoms. The number of hydrogen-bond donors (Lipinski definition) is 1. The van der Waals surface area contributed by atoms with E-state index in [9.17, 15) is 22.4 Å². The second kappa shape index (κ2) is 15.2. The van der Waals surface area contributed by atoms with E-state index in [0.29, 0.717) is 18.5 Å². The fourth-order valence-corrected chi connectivity index (χ4v) is 6.31. The molecule has 0 aliphatic carbocycles. The van der Waals surface area contributed by atoms with Crippen LogP contribution in [0.4, 0.5) is 10.1 Å². The monoisotopic (exact) mass is 655 g/mol. The molecule has 0 saturated carbocycles. The molecule has 0 fully saturated rings. The molecule has 230 valence electrons. The van der Waals surface area contributed by atoms with E-state index in [-0.39, 0.29) is 33.6 Å². The van der Waals surface area contributed by atoms with Crippen molar-refractivity contribution in [1.82, 2.24) is 10.2 Å². The minimum absolute atomic E-state index is 0.0366. The highest BCUT2D eigenvalue weighted by molar-refractivity contribution is 7.92. The van der Waals surface area contributed by atoms with Crippen molar-refractivity contribution < 1.29 is 22.4 Å². The predicted octanol–water partition coefficient (Wildman–Crippen LogP) is 6.49. The van der Waals surface area contributed by atoms with Gasteiger partial charge in [-0.2, -0.15) is 0 Å². The lowest BCUT2D eigenvalue weighted by Gasteiger charge is -2.34. The molecule has 7 nitrogen and oxygen atoms in total. The van der Waals surface area contributed by atoms with Gasteiger partial charge in [-0.15, -0.1) is 0 Å². The topological polar surface area (TPSA) is 86.8 Å². The van der Waals surface area contributed by atoms with Gasteiger partial charge in [-0.3, -0.25) is 13.9 Å². The molecule has 4 aromatic rings. The van der Waals surface area contributed by atoms with Crippen LogP contribution in [0, 0.1) is 5.82 Å². The highest BCUT2D eigenvalue weighted by Crippen LogP contribution is 2.31. The zero-order valence-electron chi connectivity index (χ0n) is 24.0. The van der Waals surface area contributed by atoms with Crippen molar-refractivity contribution in [2.24, 2.45) is 0 Å². The van der Waals surface area contributed by atoms with Gasteiger partial charge in [0.05, 0.1) is 20.6 Å². The summed E-state index contributed by atoms with van der Waals surface area (Å²) in [5, 5.41) is 3.20. The molecule has 0 unspecified atom stereocenters. The fourth-order valence-electron chi connectivity index (χ4n) is 4.60. The number of carbonyl (C=O) groups excluding carboxylic acids is 2. The van der Waals surface area contributed by atoms with E-state index in [4.69, 9.17) is 23.2 Å². The molecular weight excluding hydrogens is 624 g/mol. The summed E-state index contributed by atoms with van der Waals surface area (Å²) in [6, 6.07) is 25.8. The Morgan fingerprint density at radius 1 is 0.841 bits per heavy atom. The molecule has 0 aliphatic rings. The Kier molecular flexibility index (Phi) is 11.4. The van der Waals surface area contributed by atoms with E-state index in [1.165, 1.54) is 59.5 Å². The third kappa shape index (κ3) is 8.37. The van der Waals surface area contributed by atoms with Crippen LogP contribution in [0.15, 0.2) is 108 Å². The minimum atomic E-state index is -4.28. The summed E-state index contributed by atoms with van der Waals surface area (Å²) in [5.41, 5.74) is 1.49. The van der Waals surface area contributed by atoms with E-state index < -0.39 is 40.2 Å². The summed E-state index contributed by atoms with van der Waals surface area (Å²) in [6.45, 7) is 1.58. The zero-order chi connectivity index (χ0) is 31.7. The quantitative estimate of drug-likeness (QED) is 0.178. The third-order valence-corrected chi connectivity index (χ3v) is 9.41. The summed E-state index contributed by atoms with van der Waals surface area (Å²) in [7, 11) is -4.28. The Morgan fingerprint density at radius 3 is 2.09 bits per heavy atom. The Bertz CT molecular complexity index is 1670. The van der Waals surface area contributed by atoms with Crippen LogP contribution >= 0.6 is 23.2 Å². The maximum atomic E-state index is 14.3. The Balaban J connectivity index is 1.80. The number of nitrogens with one attached hydrogen (secondary N) is 1. The normalized spacial score (nSPS) is 11.9. The van der Waals surface area contributed by atoms with Crippen molar-refractivity contribution >= 4 is 50.7 Å². The van der Waals surface area contributed by atoms with Gasteiger partial charge in [-0.25, -0.2) is 12.8 Å². The molecule has 0 aliphatic heterocycles. The molecule has 4 aromatic carbocycles. The number of anilines is 1. The summed E-state index contributed by atoms with van der Waals surface area (Å²) >= 11 is 12.4. The van der Waals surface area contributed by atoms with Crippen LogP contribution in [0.3, 0.4) is 0 Å². The molecule has 1 N–H and O–H groups in total. The van der Waals surface area contributed by atoms with Crippen molar-refractivity contribution in [2.45, 2.75) is 37.2 Å². The Labute approximate surface area is 267 Å². The fraction of sp³-hybridized carbons (Fsp3) is 0.212. The van der Waals surface area contributed by atoms with Crippen LogP contribution in [0.5, 0.6) is 0 Å². The summed E-state index contributed by atoms with van der Waals surface area (Å²) in [5.74, 6) is -1.49. The number of sulfonamides is 1. The number of carbonyl (C=O) groups is 2. The molecule has 44 heavy (non-hydrogen) atoms. The van der Waals surface area contributed by atoms with Gasteiger partial charge in [0.1, 0.15) is 18.4 Å². The number of halogens is 3. The first-order valence-corrected chi connectivity index (χ1v) is 16.2. The smallest absolute Gasteiger partial charge is 0.264 e. The SMILES string of the molecule is CCCNC(=O)[C@@H](Cc1ccccc1)N(Cc1ccc(F)cc1)C(=O)CN(c1ccc(Cl)c(Cl)c1)S(=O)(=O)c1ccccc1. The van der Waals surface area contributed by atoms with Gasteiger partial charge in [0, 0.05) is 19.5 Å². The standard InChI is InChI=1S/C33H32Cl2FN3O4S/c1-2-19-37-33(41)31(20-24-9-5-3-6-10-24)38(22-25-13-15-26(36)16-14-25)32(40)23-39(27-17-18-29(34)30(35)21-27)44(42,43)28-11-7-4-8-12-28/h3-18,21,31H,2,19-20,22-23H2,1H3,(H,37,41)/t31-/m1/s1. The lowest BCUT2D eigenvalue weighted by molar-refractivity contribution is -0.140. The van der Waals surface area contributed by atoms with Crippen LogP contribution in [0.25, 0.3) is 0 Å². The summed E-state index contributed by atoms with van der Waals surface area (Å²) in [6.07, 6.45) is 0.845. The van der Waals surface area contributed by atoms with Crippen LogP contribution in [0.1, 0.15) is 24.5 Å². The molecule has 4 rings (SSSR count). The maximum Gasteiger partial charge on any atom is 0.264 e. The molecule has 0 radical (unpaired) electrons. The maximum absolute atomic E-state index is 14.3. The van der Waals surface area contributed by atoms with Gasteiger partial charge in [-0.05, 0) is 60.0 Å². The van der Waals surface area contributed by atoms with Crippen molar-refractivity contribution in [2.75, 3.05) is 17.4 Å². The third-order valence-electron chi connectivity index (χ3n) is 6.89. The Morgan fingerprint density at radius 2 is 1.48 bits per heavy atom. The van der Waals surface area contributed by atoms with E-state index in [1.807, 2.05) is 37.3 Å². The average Bonchev–Trinajstić information content (AvgIpc) is 3.03. The second-order valence-corrected chi connectivity index (χ2v) is 12.7. The van der Waals surface area contributed by atoms with Gasteiger partial charge >= 0.3 is 0 Å². The van der Waals surface area contributed by atoms with Gasteiger partial charge in [0.15, 0.2) is 0 Å². The van der Waals surface area contributed by atoms with Crippen LogP contribution in [-0.4, -0.2) is 44.3 Å². The number of hydrogen-bond acceptors (Lipinski definition) is 4. The lowest BCUT2D eigenvalue weighted by atomic mass is 10.0. The molecule has 0 bridgehead atoms. The molecule has 1 atom stereocenters.